The number of nitrogens with one attached hydrogen (secondary N) is 1. The average Bonchev–Trinajstić information content (AvgIpc) is 2.20. The number of non-ortho nitro benzene ring substituents is 1. The lowest BCUT2D eigenvalue weighted by atomic mass is 10.1. The van der Waals surface area contributed by atoms with Crippen molar-refractivity contribution in [2.24, 2.45) is 0 Å². The van der Waals surface area contributed by atoms with Crippen molar-refractivity contribution in [3.8, 4) is 0 Å². The van der Waals surface area contributed by atoms with Crippen LogP contribution in [-0.4, -0.2) is 22.7 Å². The van der Waals surface area contributed by atoms with Gasteiger partial charge in [0, 0.05) is 23.9 Å². The van der Waals surface area contributed by atoms with E-state index in [1.54, 1.807) is 13.0 Å². The molecular formula is C10H14N2O3. The average molecular weight is 210 g/mol. The molecule has 0 spiro atoms. The highest BCUT2D eigenvalue weighted by molar-refractivity contribution is 5.55. The minimum absolute atomic E-state index is 0.0242. The Morgan fingerprint density at radius 2 is 2.27 bits per heavy atom. The van der Waals surface area contributed by atoms with Gasteiger partial charge >= 0.3 is 0 Å². The van der Waals surface area contributed by atoms with E-state index in [0.29, 0.717) is 0 Å². The first kappa shape index (κ1) is 11.5. The molecule has 0 fully saturated rings. The van der Waals surface area contributed by atoms with E-state index in [-0.39, 0.29) is 18.3 Å². The monoisotopic (exact) mass is 210 g/mol. The molecule has 0 radical (unpaired) electrons. The zero-order chi connectivity index (χ0) is 11.4. The number of hydrogen-bond donors (Lipinski definition) is 2. The summed E-state index contributed by atoms with van der Waals surface area (Å²) in [4.78, 5) is 10.1. The Morgan fingerprint density at radius 1 is 1.60 bits per heavy atom. The van der Waals surface area contributed by atoms with Gasteiger partial charge in [0.05, 0.1) is 11.5 Å². The fourth-order valence-corrected chi connectivity index (χ4v) is 1.23. The Labute approximate surface area is 87.9 Å². The highest BCUT2D eigenvalue weighted by Gasteiger charge is 2.09. The van der Waals surface area contributed by atoms with Crippen molar-refractivity contribution < 1.29 is 10.0 Å². The van der Waals surface area contributed by atoms with Crippen LogP contribution in [-0.2, 0) is 0 Å². The van der Waals surface area contributed by atoms with Crippen LogP contribution < -0.4 is 5.32 Å². The first-order valence-corrected chi connectivity index (χ1v) is 4.67. The third-order valence-electron chi connectivity index (χ3n) is 2.10. The van der Waals surface area contributed by atoms with Crippen molar-refractivity contribution in [3.05, 3.63) is 33.9 Å². The van der Waals surface area contributed by atoms with Crippen LogP contribution in [0.3, 0.4) is 0 Å². The van der Waals surface area contributed by atoms with Crippen molar-refractivity contribution in [3.63, 3.8) is 0 Å². The zero-order valence-corrected chi connectivity index (χ0v) is 8.73. The Kier molecular flexibility index (Phi) is 3.62. The minimum atomic E-state index is -0.424. The highest BCUT2D eigenvalue weighted by Crippen LogP contribution is 2.21. The van der Waals surface area contributed by atoms with E-state index < -0.39 is 4.92 Å². The summed E-state index contributed by atoms with van der Waals surface area (Å²) >= 11 is 0. The molecule has 2 N–H and O–H groups in total. The van der Waals surface area contributed by atoms with E-state index >= 15 is 0 Å². The summed E-state index contributed by atoms with van der Waals surface area (Å²) in [6.07, 6.45) is 0. The first-order chi connectivity index (χ1) is 7.04. The maximum absolute atomic E-state index is 10.5. The molecule has 0 aromatic heterocycles. The summed E-state index contributed by atoms with van der Waals surface area (Å²) in [6.45, 7) is 3.65. The molecule has 1 atom stereocenters. The van der Waals surface area contributed by atoms with Crippen LogP contribution in [0.15, 0.2) is 18.2 Å². The second kappa shape index (κ2) is 4.75. The van der Waals surface area contributed by atoms with Crippen LogP contribution in [0.4, 0.5) is 11.4 Å². The van der Waals surface area contributed by atoms with E-state index in [9.17, 15) is 10.1 Å². The molecule has 1 aromatic carbocycles. The van der Waals surface area contributed by atoms with Gasteiger partial charge in [-0.15, -0.1) is 0 Å². The standard InChI is InChI=1S/C10H14N2O3/c1-7-5-9(12(14)15)3-4-10(7)11-8(2)6-13/h3-5,8,11,13H,6H2,1-2H3/t8-/m1/s1. The molecule has 0 aliphatic rings. The van der Waals surface area contributed by atoms with Gasteiger partial charge in [0.25, 0.3) is 5.69 Å². The summed E-state index contributed by atoms with van der Waals surface area (Å²) in [5.41, 5.74) is 1.68. The van der Waals surface area contributed by atoms with Crippen molar-refractivity contribution in [1.82, 2.24) is 0 Å². The van der Waals surface area contributed by atoms with Gasteiger partial charge in [-0.25, -0.2) is 0 Å². The summed E-state index contributed by atoms with van der Waals surface area (Å²) in [7, 11) is 0. The lowest BCUT2D eigenvalue weighted by Crippen LogP contribution is -2.19. The summed E-state index contributed by atoms with van der Waals surface area (Å²) in [6, 6.07) is 4.54. The quantitative estimate of drug-likeness (QED) is 0.585. The number of anilines is 1. The number of aliphatic hydroxyl groups is 1. The van der Waals surface area contributed by atoms with Gasteiger partial charge in [0.1, 0.15) is 0 Å². The van der Waals surface area contributed by atoms with Crippen molar-refractivity contribution >= 4 is 11.4 Å². The Hall–Kier alpha value is -1.62. The van der Waals surface area contributed by atoms with Gasteiger partial charge in [-0.2, -0.15) is 0 Å². The van der Waals surface area contributed by atoms with E-state index in [1.807, 2.05) is 6.92 Å². The van der Waals surface area contributed by atoms with Crippen LogP contribution in [0.1, 0.15) is 12.5 Å². The maximum Gasteiger partial charge on any atom is 0.269 e. The molecule has 5 heteroatoms. The second-order valence-corrected chi connectivity index (χ2v) is 3.48. The van der Waals surface area contributed by atoms with E-state index in [2.05, 4.69) is 5.32 Å². The molecular weight excluding hydrogens is 196 g/mol. The van der Waals surface area contributed by atoms with Crippen molar-refractivity contribution in [1.29, 1.82) is 0 Å². The summed E-state index contributed by atoms with van der Waals surface area (Å²) in [5.74, 6) is 0. The number of aliphatic hydroxyl groups excluding tert-OH is 1. The Balaban J connectivity index is 2.88. The van der Waals surface area contributed by atoms with Crippen molar-refractivity contribution in [2.75, 3.05) is 11.9 Å². The van der Waals surface area contributed by atoms with Gasteiger partial charge in [-0.1, -0.05) is 0 Å². The number of benzene rings is 1. The third kappa shape index (κ3) is 2.92. The topological polar surface area (TPSA) is 75.4 Å². The molecule has 0 bridgehead atoms. The van der Waals surface area contributed by atoms with Crippen LogP contribution in [0.5, 0.6) is 0 Å². The molecule has 0 aliphatic carbocycles. The van der Waals surface area contributed by atoms with Crippen LogP contribution in [0.2, 0.25) is 0 Å². The predicted molar refractivity (Wildman–Crippen MR) is 58.0 cm³/mol. The Morgan fingerprint density at radius 3 is 2.73 bits per heavy atom. The van der Waals surface area contributed by atoms with Gasteiger partial charge in [0.2, 0.25) is 0 Å². The number of nitro groups is 1. The zero-order valence-electron chi connectivity index (χ0n) is 8.73. The van der Waals surface area contributed by atoms with E-state index in [4.69, 9.17) is 5.11 Å². The molecule has 0 saturated carbocycles. The smallest absolute Gasteiger partial charge is 0.269 e. The molecule has 0 amide bonds. The fraction of sp³-hybridized carbons (Fsp3) is 0.400. The van der Waals surface area contributed by atoms with Crippen LogP contribution >= 0.6 is 0 Å². The van der Waals surface area contributed by atoms with Gasteiger partial charge in [-0.05, 0) is 25.5 Å². The second-order valence-electron chi connectivity index (χ2n) is 3.48. The van der Waals surface area contributed by atoms with Crippen molar-refractivity contribution in [2.45, 2.75) is 19.9 Å². The number of hydrogen-bond acceptors (Lipinski definition) is 4. The Bertz CT molecular complexity index is 366. The van der Waals surface area contributed by atoms with Gasteiger partial charge in [0.15, 0.2) is 0 Å². The van der Waals surface area contributed by atoms with Crippen LogP contribution in [0, 0.1) is 17.0 Å². The third-order valence-corrected chi connectivity index (χ3v) is 2.10. The molecule has 0 unspecified atom stereocenters. The van der Waals surface area contributed by atoms with E-state index in [1.165, 1.54) is 12.1 Å². The largest absolute Gasteiger partial charge is 0.394 e. The molecule has 82 valence electrons. The SMILES string of the molecule is Cc1cc([N+](=O)[O-])ccc1N[C@H](C)CO. The molecule has 1 rings (SSSR count). The van der Waals surface area contributed by atoms with E-state index in [0.717, 1.165) is 11.3 Å². The number of aryl methyl sites for hydroxylation is 1. The fourth-order valence-electron chi connectivity index (χ4n) is 1.23. The highest BCUT2D eigenvalue weighted by atomic mass is 16.6. The molecule has 0 saturated heterocycles. The number of nitrogens with zero attached hydrogens (tertiary/aromatic N) is 1. The maximum atomic E-state index is 10.5. The van der Waals surface area contributed by atoms with Crippen LogP contribution in [0.25, 0.3) is 0 Å². The molecule has 5 nitrogen and oxygen atoms in total. The summed E-state index contributed by atoms with van der Waals surface area (Å²) < 4.78 is 0. The first-order valence-electron chi connectivity index (χ1n) is 4.67. The van der Waals surface area contributed by atoms with Gasteiger partial charge < -0.3 is 10.4 Å². The molecule has 0 heterocycles. The number of rotatable bonds is 4. The lowest BCUT2D eigenvalue weighted by Gasteiger charge is -2.14. The normalized spacial score (nSPS) is 12.2. The summed E-state index contributed by atoms with van der Waals surface area (Å²) in [5, 5.41) is 22.4. The lowest BCUT2D eigenvalue weighted by molar-refractivity contribution is -0.384. The molecule has 1 aromatic rings. The minimum Gasteiger partial charge on any atom is -0.394 e. The predicted octanol–water partition coefficient (Wildman–Crippen LogP) is 1.70. The number of nitro benzene ring substituents is 1. The molecule has 15 heavy (non-hydrogen) atoms. The molecule has 0 aliphatic heterocycles. The van der Waals surface area contributed by atoms with Gasteiger partial charge in [-0.3, -0.25) is 10.1 Å².